The third kappa shape index (κ3) is 5.89. The number of hydrogen-bond donors (Lipinski definition) is 0. The van der Waals surface area contributed by atoms with Gasteiger partial charge in [0.25, 0.3) is 0 Å². The second-order valence-corrected chi connectivity index (χ2v) is 17.3. The average molecular weight is 815 g/mol. The second-order valence-electron chi connectivity index (χ2n) is 16.3. The maximum Gasteiger partial charge on any atom is 0.160 e. The Morgan fingerprint density at radius 3 is 1.67 bits per heavy atom. The summed E-state index contributed by atoms with van der Waals surface area (Å²) in [6.07, 6.45) is 0. The van der Waals surface area contributed by atoms with Crippen molar-refractivity contribution in [3.8, 4) is 50.7 Å². The molecule has 0 aliphatic heterocycles. The van der Waals surface area contributed by atoms with Gasteiger partial charge in [-0.25, -0.2) is 9.97 Å². The second kappa shape index (κ2) is 14.8. The van der Waals surface area contributed by atoms with Gasteiger partial charge >= 0.3 is 0 Å². The molecule has 0 atom stereocenters. The van der Waals surface area contributed by atoms with Crippen molar-refractivity contribution in [3.05, 3.63) is 164 Å². The fraction of sp³-hybridized carbons (Fsp3) is 0. The molecule has 9 aromatic carbocycles. The van der Waals surface area contributed by atoms with Gasteiger partial charge in [-0.3, -0.25) is 0 Å². The molecule has 282 valence electrons. The van der Waals surface area contributed by atoms with E-state index in [1.165, 1.54) is 32.9 Å². The molecule has 0 amide bonds. The molecule has 3 aromatic heterocycles. The molecular formula is C54H27B6N3S. The molecule has 0 saturated carbocycles. The first-order chi connectivity index (χ1) is 31.2. The van der Waals surface area contributed by atoms with Crippen molar-refractivity contribution >= 4 is 155 Å². The van der Waals surface area contributed by atoms with E-state index < -0.39 is 0 Å². The van der Waals surface area contributed by atoms with E-state index in [0.717, 1.165) is 54.6 Å². The van der Waals surface area contributed by atoms with Crippen LogP contribution in [0.1, 0.15) is 0 Å². The molecule has 0 aliphatic rings. The van der Waals surface area contributed by atoms with Gasteiger partial charge in [0.15, 0.2) is 5.82 Å². The highest BCUT2D eigenvalue weighted by molar-refractivity contribution is 7.28. The smallest absolute Gasteiger partial charge is 0.160 e. The highest BCUT2D eigenvalue weighted by Crippen LogP contribution is 2.37. The number of para-hydroxylation sites is 1. The van der Waals surface area contributed by atoms with Crippen LogP contribution in [0.2, 0.25) is 0 Å². The van der Waals surface area contributed by atoms with E-state index >= 15 is 0 Å². The van der Waals surface area contributed by atoms with Gasteiger partial charge in [0, 0.05) is 37.0 Å². The molecule has 0 N–H and O–H groups in total. The molecular weight excluding hydrogens is 788 g/mol. The van der Waals surface area contributed by atoms with Crippen molar-refractivity contribution in [1.29, 1.82) is 0 Å². The molecule has 3 nitrogen and oxygen atoms in total. The largest absolute Gasteiger partial charge is 0.309 e. The van der Waals surface area contributed by atoms with Gasteiger partial charge in [0.1, 0.15) is 47.1 Å². The lowest BCUT2D eigenvalue weighted by molar-refractivity contribution is 1.19. The Hall–Kier alpha value is -7.01. The molecule has 0 aliphatic carbocycles. The summed E-state index contributed by atoms with van der Waals surface area (Å²) in [6.45, 7) is 0. The molecule has 64 heavy (non-hydrogen) atoms. The number of benzene rings is 9. The van der Waals surface area contributed by atoms with Gasteiger partial charge in [-0.1, -0.05) is 154 Å². The van der Waals surface area contributed by atoms with Gasteiger partial charge in [0.2, 0.25) is 0 Å². The van der Waals surface area contributed by atoms with Crippen molar-refractivity contribution in [2.45, 2.75) is 0 Å². The van der Waals surface area contributed by atoms with Crippen LogP contribution in [-0.4, -0.2) is 61.6 Å². The maximum atomic E-state index is 7.16. The quantitative estimate of drug-likeness (QED) is 0.167. The molecule has 0 bridgehead atoms. The molecule has 12 radical (unpaired) electrons. The van der Waals surface area contributed by atoms with E-state index in [1.807, 2.05) is 66.7 Å². The highest BCUT2D eigenvalue weighted by atomic mass is 32.1. The molecule has 3 heterocycles. The first-order valence-corrected chi connectivity index (χ1v) is 21.7. The van der Waals surface area contributed by atoms with E-state index in [9.17, 15) is 0 Å². The minimum atomic E-state index is 0.283. The van der Waals surface area contributed by atoms with Crippen LogP contribution >= 0.6 is 11.3 Å². The number of rotatable bonds is 5. The van der Waals surface area contributed by atoms with E-state index in [1.54, 1.807) is 0 Å². The van der Waals surface area contributed by atoms with Crippen molar-refractivity contribution in [2.24, 2.45) is 0 Å². The molecule has 0 unspecified atom stereocenters. The third-order valence-electron chi connectivity index (χ3n) is 12.6. The van der Waals surface area contributed by atoms with Crippen LogP contribution in [0.3, 0.4) is 0 Å². The summed E-state index contributed by atoms with van der Waals surface area (Å²) in [5, 5.41) is 8.19. The summed E-state index contributed by atoms with van der Waals surface area (Å²) in [6, 6.07) is 56.1. The van der Waals surface area contributed by atoms with Gasteiger partial charge < -0.3 is 4.57 Å². The standard InChI is InChI=1S/C54H27B6N3S/c55-46-42(34-20-19-33-24-35(22-21-32(33)23-34)63-40-18-10-9-17-36(40)37-25-30-15-7-8-16-31(30)26-41(37)63)50(59)52-44(48(46)57)45-49(58)47(56)43(51(60)53(45)64-52)39-27-38(28-11-3-1-4-12-28)61-54(62-39)29-13-5-2-6-14-29/h1-27H. The van der Waals surface area contributed by atoms with Crippen LogP contribution in [0.25, 0.3) is 114 Å². The Morgan fingerprint density at radius 1 is 0.375 bits per heavy atom. The number of aromatic nitrogens is 3. The van der Waals surface area contributed by atoms with E-state index in [0.29, 0.717) is 65.4 Å². The minimum Gasteiger partial charge on any atom is -0.309 e. The predicted octanol–water partition coefficient (Wildman–Crippen LogP) is 7.68. The van der Waals surface area contributed by atoms with E-state index in [4.69, 9.17) is 57.0 Å². The van der Waals surface area contributed by atoms with Crippen molar-refractivity contribution in [2.75, 3.05) is 0 Å². The fourth-order valence-electron chi connectivity index (χ4n) is 9.48. The van der Waals surface area contributed by atoms with Crippen LogP contribution in [-0.2, 0) is 0 Å². The lowest BCUT2D eigenvalue weighted by Gasteiger charge is -2.19. The van der Waals surface area contributed by atoms with Crippen molar-refractivity contribution < 1.29 is 0 Å². The fourth-order valence-corrected chi connectivity index (χ4v) is 10.7. The van der Waals surface area contributed by atoms with Crippen LogP contribution in [0, 0.1) is 0 Å². The summed E-state index contributed by atoms with van der Waals surface area (Å²) >= 11 is 1.42. The van der Waals surface area contributed by atoms with Crippen LogP contribution < -0.4 is 32.8 Å². The Kier molecular flexibility index (Phi) is 8.93. The monoisotopic (exact) mass is 815 g/mol. The zero-order valence-corrected chi connectivity index (χ0v) is 35.1. The zero-order valence-electron chi connectivity index (χ0n) is 34.3. The number of fused-ring (bicyclic) bond motifs is 8. The molecule has 0 fully saturated rings. The van der Waals surface area contributed by atoms with Gasteiger partial charge in [-0.15, -0.1) is 11.3 Å². The van der Waals surface area contributed by atoms with Crippen LogP contribution in [0.4, 0.5) is 0 Å². The Morgan fingerprint density at radius 2 is 0.938 bits per heavy atom. The number of hydrogen-bond acceptors (Lipinski definition) is 3. The van der Waals surface area contributed by atoms with E-state index in [-0.39, 0.29) is 5.46 Å². The normalized spacial score (nSPS) is 11.8. The molecule has 10 heteroatoms. The molecule has 0 saturated heterocycles. The molecule has 12 aromatic rings. The summed E-state index contributed by atoms with van der Waals surface area (Å²) in [5.74, 6) is 0.531. The van der Waals surface area contributed by atoms with Gasteiger partial charge in [-0.05, 0) is 91.5 Å². The Bertz CT molecular complexity index is 3860. The number of thiophene rings is 1. The average Bonchev–Trinajstić information content (AvgIpc) is 3.90. The molecule has 12 rings (SSSR count). The van der Waals surface area contributed by atoms with E-state index in [2.05, 4.69) is 102 Å². The Balaban J connectivity index is 0.998. The predicted molar refractivity (Wildman–Crippen MR) is 278 cm³/mol. The summed E-state index contributed by atoms with van der Waals surface area (Å²) in [4.78, 5) is 9.96. The highest BCUT2D eigenvalue weighted by Gasteiger charge is 2.23. The summed E-state index contributed by atoms with van der Waals surface area (Å²) in [5.41, 5.74) is 10.6. The lowest BCUT2D eigenvalue weighted by Crippen LogP contribution is -2.37. The topological polar surface area (TPSA) is 30.7 Å². The minimum absolute atomic E-state index is 0.283. The van der Waals surface area contributed by atoms with Crippen LogP contribution in [0.5, 0.6) is 0 Å². The Labute approximate surface area is 381 Å². The summed E-state index contributed by atoms with van der Waals surface area (Å²) < 4.78 is 3.76. The third-order valence-corrected chi connectivity index (χ3v) is 13.8. The lowest BCUT2D eigenvalue weighted by atomic mass is 9.66. The van der Waals surface area contributed by atoms with Crippen molar-refractivity contribution in [1.82, 2.24) is 14.5 Å². The van der Waals surface area contributed by atoms with Gasteiger partial charge in [-0.2, -0.15) is 0 Å². The molecule has 0 spiro atoms. The zero-order chi connectivity index (χ0) is 43.4. The van der Waals surface area contributed by atoms with Gasteiger partial charge in [0.05, 0.1) is 22.4 Å². The van der Waals surface area contributed by atoms with Crippen molar-refractivity contribution in [3.63, 3.8) is 0 Å². The first kappa shape index (κ1) is 38.6. The van der Waals surface area contributed by atoms with Crippen LogP contribution in [0.15, 0.2) is 164 Å². The first-order valence-electron chi connectivity index (χ1n) is 20.9. The summed E-state index contributed by atoms with van der Waals surface area (Å²) in [7, 11) is 42.2. The maximum absolute atomic E-state index is 7.16. The number of nitrogens with zero attached hydrogens (tertiary/aromatic N) is 3. The SMILES string of the molecule is [B]c1c(-c2ccc3cc(-n4c5ccccc5c5cc6ccccc6cc54)ccc3c2)c([B])c2sc3c([B])c(-c4cc(-c5ccccc5)nc(-c5ccccc5)n4)c([B])c([B])c3c2c1[B].